The van der Waals surface area contributed by atoms with E-state index in [2.05, 4.69) is 0 Å². The van der Waals surface area contributed by atoms with E-state index in [-0.39, 0.29) is 51.0 Å². The van der Waals surface area contributed by atoms with Crippen LogP contribution >= 0.6 is 0 Å². The van der Waals surface area contributed by atoms with Gasteiger partial charge in [-0.3, -0.25) is 19.4 Å². The summed E-state index contributed by atoms with van der Waals surface area (Å²) >= 11 is 0. The second-order valence-corrected chi connectivity index (χ2v) is 9.93. The molecule has 2 aromatic rings. The average molecular weight is 481 g/mol. The number of sulfonamides is 1. The fourth-order valence-electron chi connectivity index (χ4n) is 4.12. The number of piperazine rings is 1. The molecule has 7 nitrogen and oxygen atoms in total. The normalized spacial score (nSPS) is 21.1. The molecule has 2 aromatic carbocycles. The highest BCUT2D eigenvalue weighted by Gasteiger charge is 2.43. The number of halogens is 3. The maximum atomic E-state index is 13.0. The Balaban J connectivity index is 1.42. The summed E-state index contributed by atoms with van der Waals surface area (Å²) in [7, 11) is -4.12. The highest BCUT2D eigenvalue weighted by molar-refractivity contribution is 7.89. The van der Waals surface area contributed by atoms with Crippen molar-refractivity contribution in [3.63, 3.8) is 0 Å². The van der Waals surface area contributed by atoms with Gasteiger partial charge in [0.1, 0.15) is 0 Å². The van der Waals surface area contributed by atoms with E-state index < -0.39 is 32.7 Å². The van der Waals surface area contributed by atoms with Crippen molar-refractivity contribution in [2.75, 3.05) is 26.2 Å². The van der Waals surface area contributed by atoms with Gasteiger partial charge in [0.15, 0.2) is 0 Å². The first-order valence-corrected chi connectivity index (χ1v) is 11.8. The third kappa shape index (κ3) is 4.80. The van der Waals surface area contributed by atoms with Gasteiger partial charge in [-0.1, -0.05) is 36.4 Å². The van der Waals surface area contributed by atoms with Crippen LogP contribution in [-0.2, 0) is 32.3 Å². The summed E-state index contributed by atoms with van der Waals surface area (Å²) in [6, 6.07) is 12.1. The van der Waals surface area contributed by atoms with E-state index in [0.29, 0.717) is 6.07 Å². The summed E-state index contributed by atoms with van der Waals surface area (Å²) in [6.45, 7) is 0.589. The van der Waals surface area contributed by atoms with Crippen LogP contribution in [0, 0.1) is 0 Å². The van der Waals surface area contributed by atoms with Crippen LogP contribution in [0.4, 0.5) is 13.2 Å². The van der Waals surface area contributed by atoms with Crippen molar-refractivity contribution < 1.29 is 31.2 Å². The summed E-state index contributed by atoms with van der Waals surface area (Å²) in [5, 5.41) is 0. The number of hydrogen-bond acceptors (Lipinski definition) is 5. The molecule has 0 spiro atoms. The van der Waals surface area contributed by atoms with Crippen molar-refractivity contribution in [2.45, 2.75) is 30.1 Å². The zero-order valence-electron chi connectivity index (χ0n) is 17.5. The van der Waals surface area contributed by atoms with E-state index in [1.165, 1.54) is 4.90 Å². The molecular formula is C22H22F3N3O4S. The molecule has 2 amide bonds. The first-order valence-electron chi connectivity index (χ1n) is 10.4. The predicted octanol–water partition coefficient (Wildman–Crippen LogP) is 2.34. The van der Waals surface area contributed by atoms with Gasteiger partial charge in [0, 0.05) is 26.2 Å². The van der Waals surface area contributed by atoms with Gasteiger partial charge in [0.2, 0.25) is 21.8 Å². The molecule has 176 valence electrons. The summed E-state index contributed by atoms with van der Waals surface area (Å²) in [4.78, 5) is 27.9. The maximum Gasteiger partial charge on any atom is 0.416 e. The van der Waals surface area contributed by atoms with Gasteiger partial charge in [-0.25, -0.2) is 8.42 Å². The monoisotopic (exact) mass is 481 g/mol. The molecule has 4 rings (SSSR count). The Morgan fingerprint density at radius 3 is 2.21 bits per heavy atom. The summed E-state index contributed by atoms with van der Waals surface area (Å²) in [5.41, 5.74) is -0.201. The smallest absolute Gasteiger partial charge is 0.289 e. The Morgan fingerprint density at radius 2 is 1.58 bits per heavy atom. The number of nitrogens with zero attached hydrogens (tertiary/aromatic N) is 3. The molecule has 0 radical (unpaired) electrons. The number of likely N-dealkylation sites (tertiary alicyclic amines) is 1. The van der Waals surface area contributed by atoms with Crippen molar-refractivity contribution in [2.24, 2.45) is 0 Å². The molecule has 0 unspecified atom stereocenters. The molecular weight excluding hydrogens is 459 g/mol. The minimum atomic E-state index is -4.65. The van der Waals surface area contributed by atoms with Gasteiger partial charge < -0.3 is 0 Å². The number of carbonyl (C=O) groups is 2. The number of imide groups is 1. The zero-order chi connectivity index (χ0) is 23.8. The molecule has 0 aliphatic carbocycles. The van der Waals surface area contributed by atoms with Gasteiger partial charge in [0.05, 0.1) is 29.5 Å². The molecule has 2 aliphatic rings. The third-order valence-corrected chi connectivity index (χ3v) is 7.81. The number of carbonyl (C=O) groups excluding carboxylic acids is 2. The van der Waals surface area contributed by atoms with Crippen molar-refractivity contribution in [1.82, 2.24) is 14.1 Å². The first-order chi connectivity index (χ1) is 15.6. The van der Waals surface area contributed by atoms with Gasteiger partial charge in [-0.05, 0) is 23.8 Å². The second-order valence-electron chi connectivity index (χ2n) is 7.99. The Labute approximate surface area is 189 Å². The Bertz CT molecular complexity index is 1150. The average Bonchev–Trinajstić information content (AvgIpc) is 3.08. The topological polar surface area (TPSA) is 78.0 Å². The van der Waals surface area contributed by atoms with E-state index in [1.54, 1.807) is 4.90 Å². The summed E-state index contributed by atoms with van der Waals surface area (Å²) < 4.78 is 65.8. The molecule has 0 bridgehead atoms. The molecule has 11 heteroatoms. The number of amides is 2. The molecule has 0 N–H and O–H groups in total. The highest BCUT2D eigenvalue weighted by Crippen LogP contribution is 2.31. The quantitative estimate of drug-likeness (QED) is 0.613. The van der Waals surface area contributed by atoms with Crippen LogP contribution in [0.1, 0.15) is 17.5 Å². The molecule has 2 heterocycles. The van der Waals surface area contributed by atoms with Crippen LogP contribution < -0.4 is 0 Å². The zero-order valence-corrected chi connectivity index (χ0v) is 18.3. The molecule has 2 fully saturated rings. The number of hydrogen-bond donors (Lipinski definition) is 0. The van der Waals surface area contributed by atoms with Crippen molar-refractivity contribution in [3.05, 3.63) is 65.7 Å². The highest BCUT2D eigenvalue weighted by atomic mass is 32.2. The lowest BCUT2D eigenvalue weighted by atomic mass is 10.2. The molecule has 1 atom stereocenters. The standard InChI is InChI=1S/C22H22F3N3O4S/c23-22(24,25)17-7-4-8-18(13-17)33(31,32)27-11-9-26(10-12-27)19-14-20(29)28(21(19)30)15-16-5-2-1-3-6-16/h1-8,13,19H,9-12,14-15H2/t19-/m1/s1. The largest absolute Gasteiger partial charge is 0.416 e. The third-order valence-electron chi connectivity index (χ3n) is 5.92. The molecule has 2 aliphatic heterocycles. The van der Waals surface area contributed by atoms with Gasteiger partial charge in [-0.2, -0.15) is 17.5 Å². The Hall–Kier alpha value is -2.76. The Kier molecular flexibility index (Phi) is 6.30. The molecule has 0 saturated carbocycles. The summed E-state index contributed by atoms with van der Waals surface area (Å²) in [5.74, 6) is -0.606. The van der Waals surface area contributed by atoms with Crippen molar-refractivity contribution in [3.8, 4) is 0 Å². The van der Waals surface area contributed by atoms with Crippen LogP contribution in [0.25, 0.3) is 0 Å². The van der Waals surface area contributed by atoms with Crippen molar-refractivity contribution >= 4 is 21.8 Å². The maximum absolute atomic E-state index is 13.0. The second kappa shape index (κ2) is 8.88. The van der Waals surface area contributed by atoms with Crippen LogP contribution in [0.3, 0.4) is 0 Å². The predicted molar refractivity (Wildman–Crippen MR) is 112 cm³/mol. The SMILES string of the molecule is O=C1C[C@@H](N2CCN(S(=O)(=O)c3cccc(C(F)(F)F)c3)CC2)C(=O)N1Cc1ccccc1. The minimum Gasteiger partial charge on any atom is -0.289 e. The molecule has 2 saturated heterocycles. The van der Waals surface area contributed by atoms with E-state index in [4.69, 9.17) is 0 Å². The van der Waals surface area contributed by atoms with Crippen LogP contribution in [0.2, 0.25) is 0 Å². The van der Waals surface area contributed by atoms with Gasteiger partial charge in [-0.15, -0.1) is 0 Å². The van der Waals surface area contributed by atoms with E-state index in [9.17, 15) is 31.2 Å². The van der Waals surface area contributed by atoms with E-state index >= 15 is 0 Å². The van der Waals surface area contributed by atoms with E-state index in [1.807, 2.05) is 30.3 Å². The van der Waals surface area contributed by atoms with Gasteiger partial charge in [0.25, 0.3) is 0 Å². The molecule has 33 heavy (non-hydrogen) atoms. The Morgan fingerprint density at radius 1 is 0.909 bits per heavy atom. The number of benzene rings is 2. The van der Waals surface area contributed by atoms with Crippen LogP contribution in [0.5, 0.6) is 0 Å². The fraction of sp³-hybridized carbons (Fsp3) is 0.364. The number of alkyl halides is 3. The van der Waals surface area contributed by atoms with Crippen LogP contribution in [-0.4, -0.2) is 66.6 Å². The number of rotatable bonds is 5. The lowest BCUT2D eigenvalue weighted by Crippen LogP contribution is -2.53. The van der Waals surface area contributed by atoms with Crippen LogP contribution in [0.15, 0.2) is 59.5 Å². The van der Waals surface area contributed by atoms with Gasteiger partial charge >= 0.3 is 6.18 Å². The van der Waals surface area contributed by atoms with E-state index in [0.717, 1.165) is 28.1 Å². The fourth-order valence-corrected chi connectivity index (χ4v) is 5.59. The lowest BCUT2D eigenvalue weighted by molar-refractivity contribution is -0.141. The molecule has 0 aromatic heterocycles. The lowest BCUT2D eigenvalue weighted by Gasteiger charge is -2.36. The van der Waals surface area contributed by atoms with Crippen molar-refractivity contribution in [1.29, 1.82) is 0 Å². The summed E-state index contributed by atoms with van der Waals surface area (Å²) in [6.07, 6.45) is -4.63. The minimum absolute atomic E-state index is 0.00916. The first kappa shape index (κ1) is 23.4.